The number of rotatable bonds is 2. The molecule has 1 aromatic carbocycles. The molecule has 0 amide bonds. The molecule has 1 fully saturated rings. The average Bonchev–Trinajstić information content (AvgIpc) is 2.97. The largest absolute Gasteiger partial charge is 0.478 e. The van der Waals surface area contributed by atoms with Crippen LogP contribution in [0.4, 0.5) is 13.2 Å². The molecule has 1 N–H and O–H groups in total. The van der Waals surface area contributed by atoms with Crippen molar-refractivity contribution in [2.75, 3.05) is 0 Å². The number of carboxylic acid groups (broad SMARTS) is 1. The Kier molecular flexibility index (Phi) is 2.22. The predicted octanol–water partition coefficient (Wildman–Crippen LogP) is 2.98. The molecule has 2 rings (SSSR count). The van der Waals surface area contributed by atoms with Crippen molar-refractivity contribution in [2.45, 2.75) is 24.4 Å². The predicted molar refractivity (Wildman–Crippen MR) is 50.4 cm³/mol. The molecule has 0 atom stereocenters. The van der Waals surface area contributed by atoms with Crippen LogP contribution in [0.1, 0.15) is 28.8 Å². The fourth-order valence-electron chi connectivity index (χ4n) is 1.81. The second kappa shape index (κ2) is 3.23. The molecule has 0 saturated heterocycles. The molecule has 16 heavy (non-hydrogen) atoms. The number of alkyl halides is 3. The van der Waals surface area contributed by atoms with Gasteiger partial charge in [0.25, 0.3) is 0 Å². The zero-order valence-corrected chi connectivity index (χ0v) is 8.21. The van der Waals surface area contributed by atoms with Gasteiger partial charge in [-0.1, -0.05) is 12.1 Å². The van der Waals surface area contributed by atoms with E-state index in [9.17, 15) is 18.0 Å². The molecule has 1 aliphatic carbocycles. The summed E-state index contributed by atoms with van der Waals surface area (Å²) in [5, 5.41) is 8.72. The van der Waals surface area contributed by atoms with Crippen LogP contribution in [0.2, 0.25) is 0 Å². The van der Waals surface area contributed by atoms with Crippen LogP contribution < -0.4 is 0 Å². The van der Waals surface area contributed by atoms with E-state index in [0.29, 0.717) is 0 Å². The zero-order valence-electron chi connectivity index (χ0n) is 8.21. The van der Waals surface area contributed by atoms with Gasteiger partial charge in [-0.2, -0.15) is 13.2 Å². The van der Waals surface area contributed by atoms with Gasteiger partial charge in [0.1, 0.15) is 0 Å². The van der Waals surface area contributed by atoms with Gasteiger partial charge in [-0.15, -0.1) is 0 Å². The van der Waals surface area contributed by atoms with Gasteiger partial charge in [0.15, 0.2) is 0 Å². The molecule has 0 unspecified atom stereocenters. The summed E-state index contributed by atoms with van der Waals surface area (Å²) in [4.78, 5) is 10.7. The first-order valence-electron chi connectivity index (χ1n) is 4.77. The smallest absolute Gasteiger partial charge is 0.398 e. The number of benzene rings is 1. The van der Waals surface area contributed by atoms with E-state index in [1.807, 2.05) is 0 Å². The second-order valence-corrected chi connectivity index (χ2v) is 3.97. The fourth-order valence-corrected chi connectivity index (χ4v) is 1.81. The van der Waals surface area contributed by atoms with E-state index < -0.39 is 17.6 Å². The van der Waals surface area contributed by atoms with Crippen LogP contribution in [0.25, 0.3) is 0 Å². The summed E-state index contributed by atoms with van der Waals surface area (Å²) in [6, 6.07) is 5.10. The van der Waals surface area contributed by atoms with Crippen LogP contribution in [-0.4, -0.2) is 17.3 Å². The third-order valence-corrected chi connectivity index (χ3v) is 2.95. The first kappa shape index (κ1) is 11.0. The number of carbonyl (C=O) groups is 1. The first-order chi connectivity index (χ1) is 7.37. The molecule has 1 aromatic rings. The molecular weight excluding hydrogens is 221 g/mol. The number of halogens is 3. The van der Waals surface area contributed by atoms with Gasteiger partial charge in [0.05, 0.1) is 11.0 Å². The van der Waals surface area contributed by atoms with Crippen molar-refractivity contribution in [3.63, 3.8) is 0 Å². The van der Waals surface area contributed by atoms with Gasteiger partial charge < -0.3 is 5.11 Å². The van der Waals surface area contributed by atoms with E-state index in [0.717, 1.165) is 6.07 Å². The Morgan fingerprint density at radius 1 is 1.31 bits per heavy atom. The lowest BCUT2D eigenvalue weighted by Crippen LogP contribution is -2.28. The summed E-state index contributed by atoms with van der Waals surface area (Å²) in [5.41, 5.74) is -1.86. The van der Waals surface area contributed by atoms with Crippen molar-refractivity contribution in [1.29, 1.82) is 0 Å². The summed E-state index contributed by atoms with van der Waals surface area (Å²) in [6.07, 6.45) is -4.22. The molecule has 2 nitrogen and oxygen atoms in total. The highest BCUT2D eigenvalue weighted by atomic mass is 19.4. The van der Waals surface area contributed by atoms with Crippen molar-refractivity contribution in [3.05, 3.63) is 35.4 Å². The molecule has 86 valence electrons. The van der Waals surface area contributed by atoms with Crippen molar-refractivity contribution < 1.29 is 23.1 Å². The van der Waals surface area contributed by atoms with Crippen LogP contribution in [0, 0.1) is 0 Å². The SMILES string of the molecule is O=C(O)c1cccc(C2(C(F)(F)F)CC2)c1. The van der Waals surface area contributed by atoms with Crippen LogP contribution in [0.3, 0.4) is 0 Å². The molecule has 0 heterocycles. The molecule has 0 aliphatic heterocycles. The van der Waals surface area contributed by atoms with Crippen LogP contribution in [-0.2, 0) is 5.41 Å². The Morgan fingerprint density at radius 2 is 1.94 bits per heavy atom. The quantitative estimate of drug-likeness (QED) is 0.847. The Balaban J connectivity index is 2.42. The lowest BCUT2D eigenvalue weighted by Gasteiger charge is -2.19. The zero-order chi connectivity index (χ0) is 12.0. The third-order valence-electron chi connectivity index (χ3n) is 2.95. The Bertz CT molecular complexity index is 433. The van der Waals surface area contributed by atoms with Crippen LogP contribution in [0.5, 0.6) is 0 Å². The molecule has 0 spiro atoms. The third kappa shape index (κ3) is 1.56. The number of hydrogen-bond donors (Lipinski definition) is 1. The number of hydrogen-bond acceptors (Lipinski definition) is 1. The van der Waals surface area contributed by atoms with Crippen LogP contribution in [0.15, 0.2) is 24.3 Å². The minimum Gasteiger partial charge on any atom is -0.478 e. The molecular formula is C11H9F3O2. The van der Waals surface area contributed by atoms with Gasteiger partial charge in [0, 0.05) is 0 Å². The van der Waals surface area contributed by atoms with E-state index in [2.05, 4.69) is 0 Å². The molecule has 1 aliphatic rings. The lowest BCUT2D eigenvalue weighted by molar-refractivity contribution is -0.160. The summed E-state index contributed by atoms with van der Waals surface area (Å²) in [5.74, 6) is -1.21. The lowest BCUT2D eigenvalue weighted by atomic mass is 9.94. The standard InChI is InChI=1S/C11H9F3O2/c12-11(13,14)10(4-5-10)8-3-1-2-7(6-8)9(15)16/h1-3,6H,4-5H2,(H,15,16). The average molecular weight is 230 g/mol. The highest BCUT2D eigenvalue weighted by Gasteiger charge is 2.64. The molecule has 5 heteroatoms. The van der Waals surface area contributed by atoms with Crippen LogP contribution >= 0.6 is 0 Å². The molecule has 0 radical (unpaired) electrons. The van der Waals surface area contributed by atoms with Gasteiger partial charge in [-0.05, 0) is 30.5 Å². The molecule has 1 saturated carbocycles. The van der Waals surface area contributed by atoms with Crippen molar-refractivity contribution in [3.8, 4) is 0 Å². The summed E-state index contributed by atoms with van der Waals surface area (Å²) in [7, 11) is 0. The second-order valence-electron chi connectivity index (χ2n) is 3.97. The Hall–Kier alpha value is -1.52. The monoisotopic (exact) mass is 230 g/mol. The minimum absolute atomic E-state index is 0.0412. The molecule has 0 bridgehead atoms. The maximum atomic E-state index is 12.8. The molecule has 0 aromatic heterocycles. The summed E-state index contributed by atoms with van der Waals surface area (Å²) >= 11 is 0. The Morgan fingerprint density at radius 3 is 2.38 bits per heavy atom. The van der Waals surface area contributed by atoms with Crippen molar-refractivity contribution in [1.82, 2.24) is 0 Å². The van der Waals surface area contributed by atoms with Gasteiger partial charge in [-0.3, -0.25) is 0 Å². The summed E-state index contributed by atoms with van der Waals surface area (Å²) < 4.78 is 38.3. The maximum absolute atomic E-state index is 12.8. The minimum atomic E-state index is -4.30. The topological polar surface area (TPSA) is 37.3 Å². The van der Waals surface area contributed by atoms with Crippen molar-refractivity contribution in [2.24, 2.45) is 0 Å². The fraction of sp³-hybridized carbons (Fsp3) is 0.364. The van der Waals surface area contributed by atoms with Gasteiger partial charge >= 0.3 is 12.1 Å². The maximum Gasteiger partial charge on any atom is 0.398 e. The van der Waals surface area contributed by atoms with E-state index in [-0.39, 0.29) is 24.0 Å². The Labute approximate surface area is 89.7 Å². The van der Waals surface area contributed by atoms with Gasteiger partial charge in [-0.25, -0.2) is 4.79 Å². The van der Waals surface area contributed by atoms with E-state index in [4.69, 9.17) is 5.11 Å². The van der Waals surface area contributed by atoms with E-state index >= 15 is 0 Å². The highest BCUT2D eigenvalue weighted by Crippen LogP contribution is 2.58. The van der Waals surface area contributed by atoms with Gasteiger partial charge in [0.2, 0.25) is 0 Å². The summed E-state index contributed by atoms with van der Waals surface area (Å²) in [6.45, 7) is 0. The van der Waals surface area contributed by atoms with E-state index in [1.165, 1.54) is 18.2 Å². The normalized spacial score (nSPS) is 18.2. The number of aromatic carboxylic acids is 1. The van der Waals surface area contributed by atoms with E-state index in [1.54, 1.807) is 0 Å². The first-order valence-corrected chi connectivity index (χ1v) is 4.77. The number of carboxylic acids is 1. The van der Waals surface area contributed by atoms with Crippen molar-refractivity contribution >= 4 is 5.97 Å². The highest BCUT2D eigenvalue weighted by molar-refractivity contribution is 5.87.